The molecule has 0 bridgehead atoms. The Bertz CT molecular complexity index is 781. The first kappa shape index (κ1) is 15.8. The maximum Gasteiger partial charge on any atom is 0.263 e. The van der Waals surface area contributed by atoms with Gasteiger partial charge in [0.2, 0.25) is 5.82 Å². The highest BCUT2D eigenvalue weighted by Crippen LogP contribution is 2.27. The Morgan fingerprint density at radius 2 is 1.95 bits per heavy atom. The second-order valence-corrected chi connectivity index (χ2v) is 6.55. The fourth-order valence-electron chi connectivity index (χ4n) is 1.50. The Hall–Kier alpha value is -1.57. The number of nitrogens with zero attached hydrogens (tertiary/aromatic N) is 2. The molecule has 1 aromatic carbocycles. The summed E-state index contributed by atoms with van der Waals surface area (Å²) in [6.45, 7) is 1.72. The van der Waals surface area contributed by atoms with Crippen molar-refractivity contribution in [1.82, 2.24) is 9.97 Å². The van der Waals surface area contributed by atoms with Gasteiger partial charge in [0.1, 0.15) is 0 Å². The van der Waals surface area contributed by atoms with Crippen LogP contribution in [0.2, 0.25) is 10.0 Å². The lowest BCUT2D eigenvalue weighted by Gasteiger charge is -2.10. The van der Waals surface area contributed by atoms with Crippen molar-refractivity contribution in [3.05, 3.63) is 40.1 Å². The molecule has 0 aliphatic heterocycles. The van der Waals surface area contributed by atoms with Crippen LogP contribution in [-0.2, 0) is 10.0 Å². The fourth-order valence-corrected chi connectivity index (χ4v) is 2.89. The first-order valence-corrected chi connectivity index (χ1v) is 7.93. The van der Waals surface area contributed by atoms with Crippen LogP contribution in [0.5, 0.6) is 5.88 Å². The van der Waals surface area contributed by atoms with Crippen LogP contribution in [0.4, 0.5) is 5.82 Å². The summed E-state index contributed by atoms with van der Waals surface area (Å²) >= 11 is 11.6. The molecule has 0 aliphatic carbocycles. The average molecular weight is 348 g/mol. The molecule has 1 heterocycles. The molecule has 6 nitrogen and oxygen atoms in total. The molecule has 21 heavy (non-hydrogen) atoms. The summed E-state index contributed by atoms with van der Waals surface area (Å²) < 4.78 is 31.9. The molecule has 0 aliphatic rings. The van der Waals surface area contributed by atoms with Crippen LogP contribution in [0.25, 0.3) is 0 Å². The van der Waals surface area contributed by atoms with Gasteiger partial charge in [-0.3, -0.25) is 4.72 Å². The molecule has 112 valence electrons. The van der Waals surface area contributed by atoms with E-state index < -0.39 is 10.0 Å². The third-order valence-electron chi connectivity index (χ3n) is 2.49. The molecule has 9 heteroatoms. The molecule has 0 atom stereocenters. The average Bonchev–Trinajstić information content (AvgIpc) is 2.43. The SMILES string of the molecule is COc1nc(C)cnc1NS(=O)(=O)c1ccc(Cl)c(Cl)c1. The number of methoxy groups -OCH3 is 1. The van der Waals surface area contributed by atoms with Gasteiger partial charge in [0.25, 0.3) is 15.9 Å². The van der Waals surface area contributed by atoms with E-state index in [9.17, 15) is 8.42 Å². The van der Waals surface area contributed by atoms with E-state index in [0.717, 1.165) is 0 Å². The molecular formula is C12H11Cl2N3O3S. The largest absolute Gasteiger partial charge is 0.478 e. The monoisotopic (exact) mass is 347 g/mol. The number of aryl methyl sites for hydroxylation is 1. The number of halogens is 2. The lowest BCUT2D eigenvalue weighted by molar-refractivity contribution is 0.397. The number of anilines is 1. The number of hydrogen-bond acceptors (Lipinski definition) is 5. The van der Waals surface area contributed by atoms with Crippen molar-refractivity contribution < 1.29 is 13.2 Å². The van der Waals surface area contributed by atoms with Crippen molar-refractivity contribution in [3.63, 3.8) is 0 Å². The van der Waals surface area contributed by atoms with Crippen LogP contribution in [0, 0.1) is 6.92 Å². The van der Waals surface area contributed by atoms with Gasteiger partial charge in [-0.2, -0.15) is 0 Å². The minimum absolute atomic E-state index is 0.00540. The normalized spacial score (nSPS) is 11.2. The number of rotatable bonds is 4. The maximum absolute atomic E-state index is 12.3. The first-order valence-electron chi connectivity index (χ1n) is 5.69. The molecule has 1 N–H and O–H groups in total. The van der Waals surface area contributed by atoms with Crippen molar-refractivity contribution in [1.29, 1.82) is 0 Å². The van der Waals surface area contributed by atoms with Gasteiger partial charge in [-0.15, -0.1) is 0 Å². The zero-order valence-corrected chi connectivity index (χ0v) is 13.4. The Labute approximate surface area is 132 Å². The van der Waals surface area contributed by atoms with Crippen LogP contribution in [-0.4, -0.2) is 25.5 Å². The van der Waals surface area contributed by atoms with Crippen molar-refractivity contribution >= 4 is 39.0 Å². The van der Waals surface area contributed by atoms with Crippen LogP contribution in [0.3, 0.4) is 0 Å². The van der Waals surface area contributed by atoms with Gasteiger partial charge in [-0.05, 0) is 25.1 Å². The molecule has 1 aromatic heterocycles. The Balaban J connectivity index is 2.39. The molecule has 0 saturated carbocycles. The Kier molecular flexibility index (Phi) is 4.55. The van der Waals surface area contributed by atoms with Gasteiger partial charge in [-0.1, -0.05) is 23.2 Å². The topological polar surface area (TPSA) is 81.2 Å². The summed E-state index contributed by atoms with van der Waals surface area (Å²) in [5, 5.41) is 0.407. The van der Waals surface area contributed by atoms with E-state index in [0.29, 0.717) is 5.69 Å². The van der Waals surface area contributed by atoms with Crippen molar-refractivity contribution in [3.8, 4) is 5.88 Å². The number of nitrogens with one attached hydrogen (secondary N) is 1. The minimum Gasteiger partial charge on any atom is -0.478 e. The molecule has 2 aromatic rings. The summed E-state index contributed by atoms with van der Waals surface area (Å²) in [6, 6.07) is 3.99. The van der Waals surface area contributed by atoms with Crippen LogP contribution >= 0.6 is 23.2 Å². The zero-order chi connectivity index (χ0) is 15.6. The summed E-state index contributed by atoms with van der Waals surface area (Å²) in [6.07, 6.45) is 1.43. The second-order valence-electron chi connectivity index (χ2n) is 4.05. The number of benzene rings is 1. The molecule has 0 amide bonds. The Morgan fingerprint density at radius 3 is 2.57 bits per heavy atom. The third kappa shape index (κ3) is 3.55. The summed E-state index contributed by atoms with van der Waals surface area (Å²) in [4.78, 5) is 7.96. The molecule has 2 rings (SSSR count). The lowest BCUT2D eigenvalue weighted by atomic mass is 10.4. The molecule has 0 radical (unpaired) electrons. The van der Waals surface area contributed by atoms with Gasteiger partial charge in [0, 0.05) is 0 Å². The third-order valence-corrected chi connectivity index (χ3v) is 4.56. The van der Waals surface area contributed by atoms with E-state index in [1.165, 1.54) is 31.5 Å². The van der Waals surface area contributed by atoms with E-state index in [4.69, 9.17) is 27.9 Å². The second kappa shape index (κ2) is 6.05. The number of aromatic nitrogens is 2. The van der Waals surface area contributed by atoms with Crippen LogP contribution < -0.4 is 9.46 Å². The van der Waals surface area contributed by atoms with Crippen molar-refractivity contribution in [2.24, 2.45) is 0 Å². The molecule has 0 saturated heterocycles. The first-order chi connectivity index (χ1) is 9.83. The van der Waals surface area contributed by atoms with Gasteiger partial charge >= 0.3 is 0 Å². The van der Waals surface area contributed by atoms with Gasteiger partial charge in [0.15, 0.2) is 0 Å². The van der Waals surface area contributed by atoms with E-state index in [1.807, 2.05) is 0 Å². The van der Waals surface area contributed by atoms with Crippen molar-refractivity contribution in [2.45, 2.75) is 11.8 Å². The molecule has 0 fully saturated rings. The highest BCUT2D eigenvalue weighted by Gasteiger charge is 2.19. The van der Waals surface area contributed by atoms with Crippen LogP contribution in [0.1, 0.15) is 5.69 Å². The smallest absolute Gasteiger partial charge is 0.263 e. The maximum atomic E-state index is 12.3. The Morgan fingerprint density at radius 1 is 1.24 bits per heavy atom. The highest BCUT2D eigenvalue weighted by atomic mass is 35.5. The standard InChI is InChI=1S/C12H11Cl2N3O3S/c1-7-6-15-11(12(16-7)20-2)17-21(18,19)8-3-4-9(13)10(14)5-8/h3-6H,1-2H3,(H,15,17). The quantitative estimate of drug-likeness (QED) is 0.919. The van der Waals surface area contributed by atoms with E-state index >= 15 is 0 Å². The highest BCUT2D eigenvalue weighted by molar-refractivity contribution is 7.92. The number of ether oxygens (including phenoxy) is 1. The fraction of sp³-hybridized carbons (Fsp3) is 0.167. The predicted molar refractivity (Wildman–Crippen MR) is 80.6 cm³/mol. The van der Waals surface area contributed by atoms with E-state index in [2.05, 4.69) is 14.7 Å². The summed E-state index contributed by atoms with van der Waals surface area (Å²) in [5.41, 5.74) is 0.601. The number of sulfonamides is 1. The summed E-state index contributed by atoms with van der Waals surface area (Å²) in [5.74, 6) is 0.0767. The van der Waals surface area contributed by atoms with Crippen LogP contribution in [0.15, 0.2) is 29.3 Å². The predicted octanol–water partition coefficient (Wildman–Crippen LogP) is 2.90. The zero-order valence-electron chi connectivity index (χ0n) is 11.1. The van der Waals surface area contributed by atoms with Crippen molar-refractivity contribution in [2.75, 3.05) is 11.8 Å². The lowest BCUT2D eigenvalue weighted by Crippen LogP contribution is -2.15. The molecule has 0 unspecified atom stereocenters. The molecular weight excluding hydrogens is 337 g/mol. The van der Waals surface area contributed by atoms with Gasteiger partial charge in [-0.25, -0.2) is 18.4 Å². The van der Waals surface area contributed by atoms with Gasteiger partial charge in [0.05, 0.1) is 33.9 Å². The minimum atomic E-state index is -3.87. The van der Waals surface area contributed by atoms with E-state index in [-0.39, 0.29) is 26.6 Å². The van der Waals surface area contributed by atoms with Gasteiger partial charge < -0.3 is 4.74 Å². The number of hydrogen-bond donors (Lipinski definition) is 1. The molecule has 0 spiro atoms. The summed E-state index contributed by atoms with van der Waals surface area (Å²) in [7, 11) is -2.50. The van der Waals surface area contributed by atoms with E-state index in [1.54, 1.807) is 6.92 Å².